The summed E-state index contributed by atoms with van der Waals surface area (Å²) >= 11 is 0. The smallest absolute Gasteiger partial charge is 0.326 e. The van der Waals surface area contributed by atoms with E-state index in [-0.39, 0.29) is 11.7 Å². The molecule has 2 N–H and O–H groups in total. The Kier molecular flexibility index (Phi) is 9.42. The number of aromatic nitrogens is 3. The molecule has 10 heteroatoms. The van der Waals surface area contributed by atoms with Crippen LogP contribution >= 0.6 is 0 Å². The number of carbonyl (C=O) groups is 1. The summed E-state index contributed by atoms with van der Waals surface area (Å²) in [5.74, 6) is 1.47. The van der Waals surface area contributed by atoms with Crippen LogP contribution in [0.5, 0.6) is 5.75 Å². The van der Waals surface area contributed by atoms with Gasteiger partial charge in [0.1, 0.15) is 24.2 Å². The lowest BCUT2D eigenvalue weighted by Gasteiger charge is -2.24. The van der Waals surface area contributed by atoms with Crippen LogP contribution in [0.15, 0.2) is 35.3 Å². The van der Waals surface area contributed by atoms with Crippen LogP contribution in [0.3, 0.4) is 0 Å². The minimum atomic E-state index is -0.897. The summed E-state index contributed by atoms with van der Waals surface area (Å²) in [6.07, 6.45) is 2.65. The number of pyridine rings is 1. The number of esters is 1. The Morgan fingerprint density at radius 1 is 1.23 bits per heavy atom. The summed E-state index contributed by atoms with van der Waals surface area (Å²) in [5, 5.41) is 13.0. The number of hydrogen-bond acceptors (Lipinski definition) is 8. The van der Waals surface area contributed by atoms with Gasteiger partial charge in [-0.2, -0.15) is 0 Å². The Morgan fingerprint density at radius 2 is 1.97 bits per heavy atom. The lowest BCUT2D eigenvalue weighted by atomic mass is 10.00. The van der Waals surface area contributed by atoms with Crippen LogP contribution < -0.4 is 15.6 Å². The number of aliphatic hydroxyl groups excluding tert-OH is 1. The highest BCUT2D eigenvalue weighted by molar-refractivity contribution is 5.82. The predicted octanol–water partition coefficient (Wildman–Crippen LogP) is 2.81. The maximum Gasteiger partial charge on any atom is 0.326 e. The normalized spacial score (nSPS) is 16.0. The molecule has 3 heterocycles. The zero-order chi connectivity index (χ0) is 28.1. The van der Waals surface area contributed by atoms with Crippen molar-refractivity contribution < 1.29 is 24.1 Å². The molecule has 0 spiro atoms. The quantitative estimate of drug-likeness (QED) is 0.282. The van der Waals surface area contributed by atoms with E-state index in [1.54, 1.807) is 32.4 Å². The third-order valence-electron chi connectivity index (χ3n) is 6.95. The lowest BCUT2D eigenvalue weighted by molar-refractivity contribution is -0.152. The second kappa shape index (κ2) is 12.8. The molecule has 2 aromatic heterocycles. The first-order chi connectivity index (χ1) is 18.6. The number of rotatable bonds is 11. The SMILES string of the molecule is Cc1cc(-c2nc3ccc(OCCNC(C(=O)OC(C)C)C(C)O)cc3n2CC2CCOCC2)cn(C)c1=O. The van der Waals surface area contributed by atoms with Gasteiger partial charge in [-0.3, -0.25) is 14.9 Å². The molecule has 0 saturated carbocycles. The summed E-state index contributed by atoms with van der Waals surface area (Å²) in [6, 6.07) is 6.88. The van der Waals surface area contributed by atoms with Crippen LogP contribution in [-0.4, -0.2) is 69.8 Å². The number of imidazole rings is 1. The zero-order valence-corrected chi connectivity index (χ0v) is 23.5. The molecule has 0 radical (unpaired) electrons. The van der Waals surface area contributed by atoms with E-state index in [1.807, 2.05) is 37.4 Å². The van der Waals surface area contributed by atoms with Gasteiger partial charge >= 0.3 is 5.97 Å². The highest BCUT2D eigenvalue weighted by Gasteiger charge is 2.25. The number of hydrogen-bond donors (Lipinski definition) is 2. The number of ether oxygens (including phenoxy) is 3. The van der Waals surface area contributed by atoms with E-state index in [0.717, 1.165) is 55.0 Å². The van der Waals surface area contributed by atoms with Crippen LogP contribution in [-0.2, 0) is 27.9 Å². The lowest BCUT2D eigenvalue weighted by Crippen LogP contribution is -2.47. The van der Waals surface area contributed by atoms with E-state index < -0.39 is 18.1 Å². The molecule has 1 aliphatic heterocycles. The van der Waals surface area contributed by atoms with Crippen molar-refractivity contribution in [2.45, 2.75) is 65.3 Å². The van der Waals surface area contributed by atoms with Crippen molar-refractivity contribution >= 4 is 17.0 Å². The van der Waals surface area contributed by atoms with Crippen LogP contribution in [0, 0.1) is 12.8 Å². The second-order valence-corrected chi connectivity index (χ2v) is 10.6. The van der Waals surface area contributed by atoms with Crippen LogP contribution in [0.1, 0.15) is 39.2 Å². The minimum Gasteiger partial charge on any atom is -0.492 e. The van der Waals surface area contributed by atoms with Gasteiger partial charge in [-0.1, -0.05) is 0 Å². The van der Waals surface area contributed by atoms with Crippen molar-refractivity contribution in [2.24, 2.45) is 13.0 Å². The Labute approximate surface area is 228 Å². The molecule has 0 bridgehead atoms. The Bertz CT molecular complexity index is 1310. The fourth-order valence-electron chi connectivity index (χ4n) is 4.92. The Balaban J connectivity index is 1.56. The molecule has 10 nitrogen and oxygen atoms in total. The molecular formula is C29H40N4O6. The molecule has 1 aromatic carbocycles. The largest absolute Gasteiger partial charge is 0.492 e. The number of nitrogens with one attached hydrogen (secondary N) is 1. The first kappa shape index (κ1) is 28.8. The van der Waals surface area contributed by atoms with Gasteiger partial charge in [-0.15, -0.1) is 0 Å². The zero-order valence-electron chi connectivity index (χ0n) is 23.5. The highest BCUT2D eigenvalue weighted by Crippen LogP contribution is 2.30. The highest BCUT2D eigenvalue weighted by atomic mass is 16.5. The predicted molar refractivity (Wildman–Crippen MR) is 149 cm³/mol. The molecule has 212 valence electrons. The molecule has 2 unspecified atom stereocenters. The van der Waals surface area contributed by atoms with Crippen molar-refractivity contribution in [3.05, 3.63) is 46.4 Å². The van der Waals surface area contributed by atoms with E-state index in [4.69, 9.17) is 19.2 Å². The molecule has 0 aliphatic carbocycles. The molecule has 4 rings (SSSR count). The molecule has 1 saturated heterocycles. The average molecular weight is 541 g/mol. The molecular weight excluding hydrogens is 500 g/mol. The number of nitrogens with zero attached hydrogens (tertiary/aromatic N) is 3. The summed E-state index contributed by atoms with van der Waals surface area (Å²) in [5.41, 5.74) is 3.34. The van der Waals surface area contributed by atoms with E-state index in [0.29, 0.717) is 30.4 Å². The van der Waals surface area contributed by atoms with Gasteiger partial charge in [0.2, 0.25) is 0 Å². The summed E-state index contributed by atoms with van der Waals surface area (Å²) < 4.78 is 20.6. The van der Waals surface area contributed by atoms with Crippen molar-refractivity contribution in [2.75, 3.05) is 26.4 Å². The number of fused-ring (bicyclic) bond motifs is 1. The fraction of sp³-hybridized carbons (Fsp3) is 0.552. The number of aryl methyl sites for hydroxylation is 2. The van der Waals surface area contributed by atoms with Gasteiger partial charge in [0, 0.05) is 56.7 Å². The van der Waals surface area contributed by atoms with Gasteiger partial charge in [-0.25, -0.2) is 4.98 Å². The average Bonchev–Trinajstić information content (AvgIpc) is 3.24. The topological polar surface area (TPSA) is 117 Å². The second-order valence-electron chi connectivity index (χ2n) is 10.6. The summed E-state index contributed by atoms with van der Waals surface area (Å²) in [4.78, 5) is 29.5. The van der Waals surface area contributed by atoms with E-state index in [1.165, 1.54) is 0 Å². The number of aliphatic hydroxyl groups is 1. The summed E-state index contributed by atoms with van der Waals surface area (Å²) in [6.45, 7) is 9.86. The first-order valence-corrected chi connectivity index (χ1v) is 13.6. The first-order valence-electron chi connectivity index (χ1n) is 13.6. The van der Waals surface area contributed by atoms with Gasteiger partial charge < -0.3 is 28.5 Å². The molecule has 39 heavy (non-hydrogen) atoms. The van der Waals surface area contributed by atoms with E-state index in [9.17, 15) is 14.7 Å². The fourth-order valence-corrected chi connectivity index (χ4v) is 4.92. The molecule has 3 aromatic rings. The minimum absolute atomic E-state index is 0.0227. The monoisotopic (exact) mass is 540 g/mol. The standard InChI is InChI=1S/C29H40N4O6/c1-18(2)39-29(36)26(20(4)34)30-10-13-38-23-6-7-24-25(15-23)33(16-21-8-11-37-12-9-21)27(31-24)22-14-19(3)28(35)32(5)17-22/h6-7,14-15,17-18,20-21,26,30,34H,8-13,16H2,1-5H3. The Morgan fingerprint density at radius 3 is 2.64 bits per heavy atom. The molecule has 1 fully saturated rings. The van der Waals surface area contributed by atoms with Crippen LogP contribution in [0.25, 0.3) is 22.4 Å². The maximum atomic E-state index is 12.3. The molecule has 2 atom stereocenters. The van der Waals surface area contributed by atoms with Gasteiger partial charge in [0.15, 0.2) is 0 Å². The van der Waals surface area contributed by atoms with Gasteiger partial charge in [0.05, 0.1) is 23.2 Å². The van der Waals surface area contributed by atoms with E-state index >= 15 is 0 Å². The van der Waals surface area contributed by atoms with Gasteiger partial charge in [-0.05, 0) is 64.7 Å². The maximum absolute atomic E-state index is 12.3. The van der Waals surface area contributed by atoms with Gasteiger partial charge in [0.25, 0.3) is 5.56 Å². The van der Waals surface area contributed by atoms with Crippen LogP contribution in [0.2, 0.25) is 0 Å². The summed E-state index contributed by atoms with van der Waals surface area (Å²) in [7, 11) is 1.76. The molecule has 1 aliphatic rings. The number of benzene rings is 1. The van der Waals surface area contributed by atoms with E-state index in [2.05, 4.69) is 9.88 Å². The third kappa shape index (κ3) is 7.06. The molecule has 0 amide bonds. The van der Waals surface area contributed by atoms with Crippen molar-refractivity contribution in [3.8, 4) is 17.1 Å². The Hall–Kier alpha value is -3.21. The van der Waals surface area contributed by atoms with Crippen LogP contribution in [0.4, 0.5) is 0 Å². The van der Waals surface area contributed by atoms with Crippen molar-refractivity contribution in [1.29, 1.82) is 0 Å². The third-order valence-corrected chi connectivity index (χ3v) is 6.95. The van der Waals surface area contributed by atoms with Crippen molar-refractivity contribution in [1.82, 2.24) is 19.4 Å². The van der Waals surface area contributed by atoms with Crippen molar-refractivity contribution in [3.63, 3.8) is 0 Å². The number of carbonyl (C=O) groups excluding carboxylic acids is 1.